The van der Waals surface area contributed by atoms with Crippen LogP contribution in [0, 0.1) is 0 Å². The zero-order chi connectivity index (χ0) is 26.3. The standard InChI is InChI=1S/C26H29F3N4O4/c27-26(28,29)20-5-1-4-19(14-20)25(35)31-21-7-8-24(30-15-21)33-10-3-9-32(11-12-33)16-22(34)17-36-18-23-6-2-13-37-23/h1-2,4-8,13-15,22,34H,3,9-12,16-18H2,(H,31,35). The minimum Gasteiger partial charge on any atom is -0.467 e. The first-order chi connectivity index (χ1) is 17.8. The molecule has 1 amide bonds. The molecule has 3 heterocycles. The van der Waals surface area contributed by atoms with Crippen molar-refractivity contribution >= 4 is 17.4 Å². The summed E-state index contributed by atoms with van der Waals surface area (Å²) in [5.41, 5.74) is -0.571. The summed E-state index contributed by atoms with van der Waals surface area (Å²) in [6, 6.07) is 11.3. The second-order valence-corrected chi connectivity index (χ2v) is 8.83. The van der Waals surface area contributed by atoms with Gasteiger partial charge in [0.1, 0.15) is 18.2 Å². The number of furan rings is 1. The highest BCUT2D eigenvalue weighted by atomic mass is 19.4. The van der Waals surface area contributed by atoms with E-state index in [0.717, 1.165) is 44.0 Å². The lowest BCUT2D eigenvalue weighted by Crippen LogP contribution is -2.37. The highest BCUT2D eigenvalue weighted by Crippen LogP contribution is 2.29. The fraction of sp³-hybridized carbons (Fsp3) is 0.385. The van der Waals surface area contributed by atoms with Gasteiger partial charge in [-0.25, -0.2) is 4.98 Å². The van der Waals surface area contributed by atoms with Crippen molar-refractivity contribution in [2.75, 3.05) is 49.5 Å². The number of anilines is 2. The lowest BCUT2D eigenvalue weighted by atomic mass is 10.1. The van der Waals surface area contributed by atoms with E-state index in [4.69, 9.17) is 9.15 Å². The number of nitrogens with zero attached hydrogens (tertiary/aromatic N) is 3. The number of carbonyl (C=O) groups is 1. The normalized spacial score (nSPS) is 15.8. The van der Waals surface area contributed by atoms with Gasteiger partial charge in [0.2, 0.25) is 0 Å². The lowest BCUT2D eigenvalue weighted by molar-refractivity contribution is -0.137. The van der Waals surface area contributed by atoms with E-state index in [-0.39, 0.29) is 12.2 Å². The number of ether oxygens (including phenoxy) is 1. The van der Waals surface area contributed by atoms with Gasteiger partial charge >= 0.3 is 6.18 Å². The van der Waals surface area contributed by atoms with Crippen LogP contribution in [0.3, 0.4) is 0 Å². The Kier molecular flexibility index (Phi) is 8.80. The Bertz CT molecular complexity index is 1140. The van der Waals surface area contributed by atoms with Gasteiger partial charge in [0, 0.05) is 31.7 Å². The Balaban J connectivity index is 1.25. The number of pyridine rings is 1. The van der Waals surface area contributed by atoms with Gasteiger partial charge in [-0.1, -0.05) is 6.07 Å². The van der Waals surface area contributed by atoms with E-state index in [9.17, 15) is 23.1 Å². The average molecular weight is 519 g/mol. The number of aliphatic hydroxyl groups excluding tert-OH is 1. The first-order valence-corrected chi connectivity index (χ1v) is 12.0. The zero-order valence-electron chi connectivity index (χ0n) is 20.2. The summed E-state index contributed by atoms with van der Waals surface area (Å²) in [5, 5.41) is 12.9. The SMILES string of the molecule is O=C(Nc1ccc(N2CCCN(CC(O)COCc3ccco3)CC2)nc1)c1cccc(C(F)(F)F)c1. The molecule has 37 heavy (non-hydrogen) atoms. The summed E-state index contributed by atoms with van der Waals surface area (Å²) >= 11 is 0. The molecule has 0 spiro atoms. The number of alkyl halides is 3. The largest absolute Gasteiger partial charge is 0.467 e. The van der Waals surface area contributed by atoms with Crippen molar-refractivity contribution in [2.24, 2.45) is 0 Å². The van der Waals surface area contributed by atoms with E-state index in [0.29, 0.717) is 31.1 Å². The molecule has 0 aliphatic carbocycles. The Morgan fingerprint density at radius 2 is 2.00 bits per heavy atom. The molecule has 8 nitrogen and oxygen atoms in total. The fourth-order valence-electron chi connectivity index (χ4n) is 4.11. The molecule has 1 saturated heterocycles. The van der Waals surface area contributed by atoms with E-state index in [1.165, 1.54) is 18.3 Å². The first kappa shape index (κ1) is 26.6. The van der Waals surface area contributed by atoms with E-state index < -0.39 is 23.8 Å². The van der Waals surface area contributed by atoms with E-state index in [1.54, 1.807) is 24.5 Å². The molecule has 0 bridgehead atoms. The Morgan fingerprint density at radius 3 is 2.73 bits per heavy atom. The molecule has 2 aromatic heterocycles. The smallest absolute Gasteiger partial charge is 0.416 e. The van der Waals surface area contributed by atoms with Gasteiger partial charge < -0.3 is 24.5 Å². The van der Waals surface area contributed by atoms with Gasteiger partial charge in [0.05, 0.1) is 36.4 Å². The summed E-state index contributed by atoms with van der Waals surface area (Å²) in [6.07, 6.45) is -1.18. The maximum absolute atomic E-state index is 12.9. The van der Waals surface area contributed by atoms with Crippen LogP contribution in [0.1, 0.15) is 28.1 Å². The number of rotatable bonds is 9. The lowest BCUT2D eigenvalue weighted by Gasteiger charge is -2.24. The summed E-state index contributed by atoms with van der Waals surface area (Å²) in [5.74, 6) is 0.811. The van der Waals surface area contributed by atoms with Crippen LogP contribution in [-0.2, 0) is 17.5 Å². The zero-order valence-corrected chi connectivity index (χ0v) is 20.2. The molecule has 11 heteroatoms. The number of hydrogen-bond acceptors (Lipinski definition) is 7. The number of aromatic nitrogens is 1. The maximum Gasteiger partial charge on any atom is 0.416 e. The minimum absolute atomic E-state index is 0.0833. The third kappa shape index (κ3) is 7.78. The minimum atomic E-state index is -4.52. The Morgan fingerprint density at radius 1 is 1.14 bits per heavy atom. The van der Waals surface area contributed by atoms with Crippen molar-refractivity contribution in [1.82, 2.24) is 9.88 Å². The van der Waals surface area contributed by atoms with Gasteiger partial charge in [-0.2, -0.15) is 13.2 Å². The van der Waals surface area contributed by atoms with Gasteiger partial charge in [-0.3, -0.25) is 9.69 Å². The van der Waals surface area contributed by atoms with Gasteiger partial charge in [0.25, 0.3) is 5.91 Å². The third-order valence-electron chi connectivity index (χ3n) is 5.97. The van der Waals surface area contributed by atoms with Crippen molar-refractivity contribution in [3.05, 3.63) is 77.9 Å². The van der Waals surface area contributed by atoms with Crippen molar-refractivity contribution in [2.45, 2.75) is 25.3 Å². The second-order valence-electron chi connectivity index (χ2n) is 8.83. The third-order valence-corrected chi connectivity index (χ3v) is 5.97. The predicted octanol–water partition coefficient (Wildman–Crippen LogP) is 4.04. The number of halogens is 3. The van der Waals surface area contributed by atoms with Crippen LogP contribution >= 0.6 is 0 Å². The summed E-state index contributed by atoms with van der Waals surface area (Å²) in [7, 11) is 0. The highest BCUT2D eigenvalue weighted by Gasteiger charge is 2.31. The molecular weight excluding hydrogens is 489 g/mol. The van der Waals surface area contributed by atoms with Crippen LogP contribution in [0.5, 0.6) is 0 Å². The fourth-order valence-corrected chi connectivity index (χ4v) is 4.11. The second kappa shape index (κ2) is 12.2. The quantitative estimate of drug-likeness (QED) is 0.442. The van der Waals surface area contributed by atoms with Crippen molar-refractivity contribution in [3.63, 3.8) is 0 Å². The molecule has 0 saturated carbocycles. The van der Waals surface area contributed by atoms with Crippen molar-refractivity contribution in [1.29, 1.82) is 0 Å². The summed E-state index contributed by atoms with van der Waals surface area (Å²) in [6.45, 7) is 4.10. The first-order valence-electron chi connectivity index (χ1n) is 12.0. The molecular formula is C26H29F3N4O4. The molecule has 1 unspecified atom stereocenters. The molecule has 3 aromatic rings. The number of nitrogens with one attached hydrogen (secondary N) is 1. The molecule has 1 aliphatic heterocycles. The molecule has 0 radical (unpaired) electrons. The Hall–Kier alpha value is -3.41. The number of carbonyl (C=O) groups excluding carboxylic acids is 1. The summed E-state index contributed by atoms with van der Waals surface area (Å²) < 4.78 is 49.5. The van der Waals surface area contributed by atoms with E-state index in [2.05, 4.69) is 20.1 Å². The molecule has 4 rings (SSSR count). The van der Waals surface area contributed by atoms with Crippen LogP contribution in [0.2, 0.25) is 0 Å². The highest BCUT2D eigenvalue weighted by molar-refractivity contribution is 6.04. The molecule has 1 aromatic carbocycles. The van der Waals surface area contributed by atoms with Crippen LogP contribution in [0.25, 0.3) is 0 Å². The number of hydrogen-bond donors (Lipinski definition) is 2. The monoisotopic (exact) mass is 518 g/mol. The van der Waals surface area contributed by atoms with E-state index >= 15 is 0 Å². The van der Waals surface area contributed by atoms with E-state index in [1.807, 2.05) is 6.07 Å². The average Bonchev–Trinajstić information content (AvgIpc) is 3.29. The predicted molar refractivity (Wildman–Crippen MR) is 131 cm³/mol. The number of β-amino-alcohol motifs (C(OH)–C–C–N with tert-alkyl or cyclic N) is 1. The summed E-state index contributed by atoms with van der Waals surface area (Å²) in [4.78, 5) is 21.2. The maximum atomic E-state index is 12.9. The van der Waals surface area contributed by atoms with Gasteiger partial charge in [-0.05, 0) is 55.4 Å². The molecule has 198 valence electrons. The number of benzene rings is 1. The van der Waals surface area contributed by atoms with Crippen molar-refractivity contribution < 1.29 is 32.2 Å². The van der Waals surface area contributed by atoms with Crippen LogP contribution in [0.4, 0.5) is 24.7 Å². The molecule has 1 aliphatic rings. The number of aliphatic hydroxyl groups is 1. The van der Waals surface area contributed by atoms with Gasteiger partial charge in [0.15, 0.2) is 0 Å². The van der Waals surface area contributed by atoms with Crippen LogP contribution < -0.4 is 10.2 Å². The molecule has 1 fully saturated rings. The topological polar surface area (TPSA) is 91.1 Å². The van der Waals surface area contributed by atoms with Crippen LogP contribution in [-0.4, -0.2) is 66.3 Å². The number of amides is 1. The van der Waals surface area contributed by atoms with Gasteiger partial charge in [-0.15, -0.1) is 0 Å². The van der Waals surface area contributed by atoms with Crippen molar-refractivity contribution in [3.8, 4) is 0 Å². The molecule has 2 N–H and O–H groups in total. The van der Waals surface area contributed by atoms with Crippen LogP contribution in [0.15, 0.2) is 65.4 Å². The molecule has 1 atom stereocenters. The Labute approximate surface area is 212 Å².